The Kier molecular flexibility index (Phi) is 5.29. The molecule has 2 heterocycles. The third-order valence-electron chi connectivity index (χ3n) is 4.04. The summed E-state index contributed by atoms with van der Waals surface area (Å²) >= 11 is 0. The number of piperidine rings is 1. The number of hydrogen-bond acceptors (Lipinski definition) is 2. The topological polar surface area (TPSA) is 30.9 Å². The van der Waals surface area contributed by atoms with Crippen LogP contribution < -0.4 is 5.32 Å². The molecule has 2 aliphatic rings. The van der Waals surface area contributed by atoms with Crippen LogP contribution in [0, 0.1) is 5.92 Å². The molecule has 4 nitrogen and oxygen atoms in total. The van der Waals surface area contributed by atoms with Gasteiger partial charge in [0.15, 0.2) is 5.96 Å². The van der Waals surface area contributed by atoms with Crippen LogP contribution >= 0.6 is 0 Å². The number of guanidine groups is 1. The fraction of sp³-hybridized carbons (Fsp3) is 0.929. The molecule has 104 valence electrons. The van der Waals surface area contributed by atoms with Gasteiger partial charge in [0.05, 0.1) is 6.54 Å². The summed E-state index contributed by atoms with van der Waals surface area (Å²) in [4.78, 5) is 9.68. The van der Waals surface area contributed by atoms with Crippen molar-refractivity contribution < 1.29 is 0 Å². The number of nitrogens with one attached hydrogen (secondary N) is 1. The second kappa shape index (κ2) is 6.98. The Hall–Kier alpha value is -0.770. The highest BCUT2D eigenvalue weighted by atomic mass is 15.3. The van der Waals surface area contributed by atoms with Gasteiger partial charge in [0.25, 0.3) is 0 Å². The molecule has 0 spiro atoms. The van der Waals surface area contributed by atoms with Gasteiger partial charge >= 0.3 is 0 Å². The fourth-order valence-electron chi connectivity index (χ4n) is 2.55. The molecular formula is C14H28N4. The molecule has 0 radical (unpaired) electrons. The molecule has 0 aromatic heterocycles. The molecule has 0 saturated carbocycles. The van der Waals surface area contributed by atoms with Crippen LogP contribution in [0.3, 0.4) is 0 Å². The van der Waals surface area contributed by atoms with E-state index in [1.165, 1.54) is 32.4 Å². The molecule has 1 N–H and O–H groups in total. The van der Waals surface area contributed by atoms with Crippen LogP contribution in [0.25, 0.3) is 0 Å². The summed E-state index contributed by atoms with van der Waals surface area (Å²) in [6.45, 7) is 12.4. The summed E-state index contributed by atoms with van der Waals surface area (Å²) in [7, 11) is 0. The average Bonchev–Trinajstić information content (AvgIpc) is 2.32. The highest BCUT2D eigenvalue weighted by molar-refractivity contribution is 5.80. The molecule has 2 aliphatic heterocycles. The second-order valence-corrected chi connectivity index (χ2v) is 5.60. The van der Waals surface area contributed by atoms with Crippen molar-refractivity contribution in [2.45, 2.75) is 33.1 Å². The molecule has 2 saturated heterocycles. The van der Waals surface area contributed by atoms with Crippen molar-refractivity contribution in [3.8, 4) is 0 Å². The zero-order valence-electron chi connectivity index (χ0n) is 12.0. The second-order valence-electron chi connectivity index (χ2n) is 5.60. The van der Waals surface area contributed by atoms with Crippen LogP contribution in [0.5, 0.6) is 0 Å². The van der Waals surface area contributed by atoms with E-state index in [9.17, 15) is 0 Å². The number of aliphatic imine (C=N–C) groups is 1. The average molecular weight is 252 g/mol. The zero-order chi connectivity index (χ0) is 12.8. The van der Waals surface area contributed by atoms with Gasteiger partial charge in [0, 0.05) is 26.2 Å². The van der Waals surface area contributed by atoms with Gasteiger partial charge < -0.3 is 15.1 Å². The summed E-state index contributed by atoms with van der Waals surface area (Å²) in [6, 6.07) is 0. The Morgan fingerprint density at radius 3 is 2.50 bits per heavy atom. The van der Waals surface area contributed by atoms with Gasteiger partial charge in [-0.2, -0.15) is 0 Å². The van der Waals surface area contributed by atoms with Gasteiger partial charge in [-0.1, -0.05) is 6.92 Å². The third kappa shape index (κ3) is 3.87. The number of hydrogen-bond donors (Lipinski definition) is 1. The maximum atomic E-state index is 4.77. The van der Waals surface area contributed by atoms with Crippen LogP contribution in [0.4, 0.5) is 0 Å². The van der Waals surface area contributed by atoms with Crippen molar-refractivity contribution in [2.24, 2.45) is 10.9 Å². The van der Waals surface area contributed by atoms with E-state index in [2.05, 4.69) is 29.0 Å². The standard InChI is InChI=1S/C14H28N4/c1-3-15-14(16-7-12-17-8-4-9-17)18-10-5-13(2)6-11-18/h13H,3-12H2,1-2H3,(H,15,16). The first kappa shape index (κ1) is 13.7. The van der Waals surface area contributed by atoms with E-state index >= 15 is 0 Å². The van der Waals surface area contributed by atoms with Gasteiger partial charge in [-0.15, -0.1) is 0 Å². The van der Waals surface area contributed by atoms with Crippen molar-refractivity contribution in [3.63, 3.8) is 0 Å². The van der Waals surface area contributed by atoms with E-state index < -0.39 is 0 Å². The Bertz CT molecular complexity index is 265. The minimum atomic E-state index is 0.880. The predicted octanol–water partition coefficient (Wildman–Crippen LogP) is 1.39. The Morgan fingerprint density at radius 1 is 1.22 bits per heavy atom. The maximum absolute atomic E-state index is 4.77. The van der Waals surface area contributed by atoms with Crippen molar-refractivity contribution >= 4 is 5.96 Å². The smallest absolute Gasteiger partial charge is 0.193 e. The molecule has 0 aliphatic carbocycles. The van der Waals surface area contributed by atoms with Crippen molar-refractivity contribution in [1.82, 2.24) is 15.1 Å². The lowest BCUT2D eigenvalue weighted by atomic mass is 10.00. The molecule has 0 atom stereocenters. The van der Waals surface area contributed by atoms with E-state index in [0.717, 1.165) is 44.6 Å². The normalized spacial score (nSPS) is 23.0. The van der Waals surface area contributed by atoms with Crippen LogP contribution in [0.2, 0.25) is 0 Å². The van der Waals surface area contributed by atoms with Crippen molar-refractivity contribution in [1.29, 1.82) is 0 Å². The predicted molar refractivity (Wildman–Crippen MR) is 77.0 cm³/mol. The van der Waals surface area contributed by atoms with Gasteiger partial charge in [0.1, 0.15) is 0 Å². The first-order chi connectivity index (χ1) is 8.79. The summed E-state index contributed by atoms with van der Waals surface area (Å²) in [5.41, 5.74) is 0. The quantitative estimate of drug-likeness (QED) is 0.606. The Balaban J connectivity index is 1.79. The largest absolute Gasteiger partial charge is 0.357 e. The molecule has 18 heavy (non-hydrogen) atoms. The fourth-order valence-corrected chi connectivity index (χ4v) is 2.55. The highest BCUT2D eigenvalue weighted by Gasteiger charge is 2.18. The van der Waals surface area contributed by atoms with E-state index in [1.807, 2.05) is 0 Å². The highest BCUT2D eigenvalue weighted by Crippen LogP contribution is 2.15. The summed E-state index contributed by atoms with van der Waals surface area (Å²) in [5.74, 6) is 2.01. The SMILES string of the molecule is CCNC(=NCCN1CCC1)N1CCC(C)CC1. The summed E-state index contributed by atoms with van der Waals surface area (Å²) < 4.78 is 0. The van der Waals surface area contributed by atoms with E-state index in [4.69, 9.17) is 4.99 Å². The zero-order valence-corrected chi connectivity index (χ0v) is 12.0. The molecule has 2 rings (SSSR count). The molecule has 0 bridgehead atoms. The third-order valence-corrected chi connectivity index (χ3v) is 4.04. The monoisotopic (exact) mass is 252 g/mol. The number of rotatable bonds is 4. The lowest BCUT2D eigenvalue weighted by Gasteiger charge is -2.33. The first-order valence-electron chi connectivity index (χ1n) is 7.55. The van der Waals surface area contributed by atoms with Crippen LogP contribution in [0.1, 0.15) is 33.1 Å². The van der Waals surface area contributed by atoms with E-state index in [1.54, 1.807) is 0 Å². The number of likely N-dealkylation sites (tertiary alicyclic amines) is 2. The van der Waals surface area contributed by atoms with Gasteiger partial charge in [-0.3, -0.25) is 4.99 Å². The van der Waals surface area contributed by atoms with Gasteiger partial charge in [-0.25, -0.2) is 0 Å². The first-order valence-corrected chi connectivity index (χ1v) is 7.55. The number of nitrogens with zero attached hydrogens (tertiary/aromatic N) is 3. The molecule has 4 heteroatoms. The van der Waals surface area contributed by atoms with Gasteiger partial charge in [0.2, 0.25) is 0 Å². The summed E-state index contributed by atoms with van der Waals surface area (Å²) in [5, 5.41) is 3.43. The Labute approximate surface area is 111 Å². The molecule has 0 amide bonds. The van der Waals surface area contributed by atoms with E-state index in [0.29, 0.717) is 0 Å². The van der Waals surface area contributed by atoms with E-state index in [-0.39, 0.29) is 0 Å². The lowest BCUT2D eigenvalue weighted by molar-refractivity contribution is 0.187. The minimum absolute atomic E-state index is 0.880. The molecule has 0 unspecified atom stereocenters. The lowest BCUT2D eigenvalue weighted by Crippen LogP contribution is -2.46. The van der Waals surface area contributed by atoms with Crippen LogP contribution in [0.15, 0.2) is 4.99 Å². The molecular weight excluding hydrogens is 224 g/mol. The maximum Gasteiger partial charge on any atom is 0.193 e. The van der Waals surface area contributed by atoms with Crippen molar-refractivity contribution in [2.75, 3.05) is 45.8 Å². The molecule has 0 aromatic carbocycles. The summed E-state index contributed by atoms with van der Waals surface area (Å²) in [6.07, 6.45) is 3.97. The van der Waals surface area contributed by atoms with Gasteiger partial charge in [-0.05, 0) is 45.2 Å². The van der Waals surface area contributed by atoms with Crippen LogP contribution in [-0.4, -0.2) is 61.6 Å². The molecule has 0 aromatic rings. The Morgan fingerprint density at radius 2 is 1.94 bits per heavy atom. The minimum Gasteiger partial charge on any atom is -0.357 e. The van der Waals surface area contributed by atoms with Crippen LogP contribution in [-0.2, 0) is 0 Å². The van der Waals surface area contributed by atoms with Crippen molar-refractivity contribution in [3.05, 3.63) is 0 Å². The molecule has 2 fully saturated rings.